The van der Waals surface area contributed by atoms with E-state index in [-0.39, 0.29) is 23.5 Å². The SMILES string of the molecule is COc1ccc(N2C(=O)C(=O)/C(=C(/O)c3ccc4c(c3)OCO4)C2c2ccccc2F)cc1. The number of benzene rings is 3. The maximum atomic E-state index is 14.9. The summed E-state index contributed by atoms with van der Waals surface area (Å²) in [5, 5.41) is 11.2. The number of carbonyl (C=O) groups is 2. The molecule has 3 aromatic carbocycles. The molecule has 8 heteroatoms. The molecule has 33 heavy (non-hydrogen) atoms. The van der Waals surface area contributed by atoms with Crippen LogP contribution in [-0.4, -0.2) is 30.7 Å². The molecule has 0 saturated carbocycles. The Bertz CT molecular complexity index is 1300. The van der Waals surface area contributed by atoms with E-state index in [4.69, 9.17) is 14.2 Å². The van der Waals surface area contributed by atoms with Crippen LogP contribution in [0.1, 0.15) is 17.2 Å². The fourth-order valence-corrected chi connectivity index (χ4v) is 4.03. The van der Waals surface area contributed by atoms with Crippen molar-refractivity contribution >= 4 is 23.1 Å². The van der Waals surface area contributed by atoms with Gasteiger partial charge in [0.25, 0.3) is 11.7 Å². The second-order valence-corrected chi connectivity index (χ2v) is 7.46. The number of halogens is 1. The molecule has 2 aliphatic rings. The fraction of sp³-hybridized carbons (Fsp3) is 0.120. The van der Waals surface area contributed by atoms with Crippen LogP contribution in [0, 0.1) is 5.82 Å². The zero-order chi connectivity index (χ0) is 23.1. The number of ether oxygens (including phenoxy) is 3. The summed E-state index contributed by atoms with van der Waals surface area (Å²) in [6, 6.07) is 15.8. The van der Waals surface area contributed by atoms with Crippen molar-refractivity contribution in [2.45, 2.75) is 6.04 Å². The van der Waals surface area contributed by atoms with Gasteiger partial charge in [-0.05, 0) is 48.5 Å². The van der Waals surface area contributed by atoms with Crippen LogP contribution in [-0.2, 0) is 9.59 Å². The Hall–Kier alpha value is -4.33. The van der Waals surface area contributed by atoms with Gasteiger partial charge in [0, 0.05) is 16.8 Å². The van der Waals surface area contributed by atoms with Crippen LogP contribution in [0.5, 0.6) is 17.2 Å². The van der Waals surface area contributed by atoms with Crippen molar-refractivity contribution in [2.75, 3.05) is 18.8 Å². The number of hydrogen-bond donors (Lipinski definition) is 1. The number of carbonyl (C=O) groups excluding carboxylic acids is 2. The molecular weight excluding hydrogens is 429 g/mol. The standard InChI is InChI=1S/C25H18FNO6/c1-31-16-9-7-15(8-10-16)27-22(17-4-2-3-5-18(17)26)21(24(29)25(27)30)23(28)14-6-11-19-20(12-14)33-13-32-19/h2-12,22,28H,13H2,1H3/b23-21+. The van der Waals surface area contributed by atoms with Crippen LogP contribution in [0.2, 0.25) is 0 Å². The molecule has 2 heterocycles. The van der Waals surface area contributed by atoms with Crippen LogP contribution >= 0.6 is 0 Å². The smallest absolute Gasteiger partial charge is 0.300 e. The molecule has 1 saturated heterocycles. The van der Waals surface area contributed by atoms with Crippen LogP contribution in [0.3, 0.4) is 0 Å². The highest BCUT2D eigenvalue weighted by molar-refractivity contribution is 6.51. The summed E-state index contributed by atoms with van der Waals surface area (Å²) >= 11 is 0. The van der Waals surface area contributed by atoms with Crippen LogP contribution < -0.4 is 19.1 Å². The van der Waals surface area contributed by atoms with Crippen molar-refractivity contribution in [2.24, 2.45) is 0 Å². The molecule has 1 amide bonds. The van der Waals surface area contributed by atoms with Crippen molar-refractivity contribution in [3.05, 3.63) is 89.2 Å². The summed E-state index contributed by atoms with van der Waals surface area (Å²) < 4.78 is 30.7. The second kappa shape index (κ2) is 7.98. The number of hydrogen-bond acceptors (Lipinski definition) is 6. The third kappa shape index (κ3) is 3.36. The summed E-state index contributed by atoms with van der Waals surface area (Å²) in [6.45, 7) is 0.0383. The Labute approximate surface area is 188 Å². The van der Waals surface area contributed by atoms with Gasteiger partial charge in [0.2, 0.25) is 6.79 Å². The quantitative estimate of drug-likeness (QED) is 0.367. The van der Waals surface area contributed by atoms with Gasteiger partial charge in [-0.2, -0.15) is 0 Å². The number of anilines is 1. The summed E-state index contributed by atoms with van der Waals surface area (Å²) in [5.41, 5.74) is 0.457. The van der Waals surface area contributed by atoms with Gasteiger partial charge in [0.05, 0.1) is 18.7 Å². The predicted octanol–water partition coefficient (Wildman–Crippen LogP) is 4.19. The lowest BCUT2D eigenvalue weighted by molar-refractivity contribution is -0.132. The number of fused-ring (bicyclic) bond motifs is 1. The van der Waals surface area contributed by atoms with Gasteiger partial charge in [0.15, 0.2) is 11.5 Å². The summed E-state index contributed by atoms with van der Waals surface area (Å²) in [7, 11) is 1.51. The molecule has 0 aromatic heterocycles. The Morgan fingerprint density at radius 3 is 2.48 bits per heavy atom. The van der Waals surface area contributed by atoms with Crippen LogP contribution in [0.4, 0.5) is 10.1 Å². The largest absolute Gasteiger partial charge is 0.507 e. The molecule has 0 radical (unpaired) electrons. The number of methoxy groups -OCH3 is 1. The Morgan fingerprint density at radius 1 is 1.03 bits per heavy atom. The zero-order valence-electron chi connectivity index (χ0n) is 17.4. The Kier molecular flexibility index (Phi) is 4.97. The average Bonchev–Trinajstić information content (AvgIpc) is 3.41. The molecule has 1 atom stereocenters. The third-order valence-electron chi connectivity index (χ3n) is 5.64. The van der Waals surface area contributed by atoms with Crippen molar-refractivity contribution in [3.63, 3.8) is 0 Å². The summed E-state index contributed by atoms with van der Waals surface area (Å²) in [4.78, 5) is 27.4. The molecule has 0 aliphatic carbocycles. The first-order valence-electron chi connectivity index (χ1n) is 10.1. The number of ketones is 1. The molecule has 1 fully saturated rings. The van der Waals surface area contributed by atoms with Gasteiger partial charge < -0.3 is 19.3 Å². The number of Topliss-reactive ketones (excluding diaryl/α,β-unsaturated/α-hetero) is 1. The van der Waals surface area contributed by atoms with Gasteiger partial charge >= 0.3 is 0 Å². The molecule has 1 unspecified atom stereocenters. The molecule has 166 valence electrons. The molecule has 0 spiro atoms. The highest BCUT2D eigenvalue weighted by atomic mass is 19.1. The minimum atomic E-state index is -1.18. The predicted molar refractivity (Wildman–Crippen MR) is 117 cm³/mol. The molecule has 2 aliphatic heterocycles. The lowest BCUT2D eigenvalue weighted by atomic mass is 9.94. The van der Waals surface area contributed by atoms with Crippen molar-refractivity contribution in [1.29, 1.82) is 0 Å². The van der Waals surface area contributed by atoms with Gasteiger partial charge in [-0.3, -0.25) is 14.5 Å². The molecule has 3 aromatic rings. The molecule has 7 nitrogen and oxygen atoms in total. The van der Waals surface area contributed by atoms with E-state index in [0.717, 1.165) is 0 Å². The van der Waals surface area contributed by atoms with Crippen molar-refractivity contribution in [1.82, 2.24) is 0 Å². The number of amides is 1. The van der Waals surface area contributed by atoms with E-state index in [9.17, 15) is 19.1 Å². The normalized spacial score (nSPS) is 18.6. The number of aliphatic hydroxyl groups excluding tert-OH is 1. The van der Waals surface area contributed by atoms with Gasteiger partial charge in [-0.1, -0.05) is 18.2 Å². The van der Waals surface area contributed by atoms with Gasteiger partial charge in [-0.15, -0.1) is 0 Å². The summed E-state index contributed by atoms with van der Waals surface area (Å²) in [5.74, 6) is -1.40. The second-order valence-electron chi connectivity index (χ2n) is 7.46. The Morgan fingerprint density at radius 2 is 1.76 bits per heavy atom. The topological polar surface area (TPSA) is 85.3 Å². The lowest BCUT2D eigenvalue weighted by Gasteiger charge is -2.25. The maximum Gasteiger partial charge on any atom is 0.300 e. The maximum absolute atomic E-state index is 14.9. The van der Waals surface area contributed by atoms with E-state index < -0.39 is 29.3 Å². The molecular formula is C25H18FNO6. The Balaban J connectivity index is 1.70. The minimum absolute atomic E-state index is 0.0383. The molecule has 5 rings (SSSR count). The third-order valence-corrected chi connectivity index (χ3v) is 5.64. The highest BCUT2D eigenvalue weighted by Crippen LogP contribution is 2.44. The lowest BCUT2D eigenvalue weighted by Crippen LogP contribution is -2.29. The van der Waals surface area contributed by atoms with Crippen molar-refractivity contribution in [3.8, 4) is 17.2 Å². The first-order valence-corrected chi connectivity index (χ1v) is 10.1. The van der Waals surface area contributed by atoms with Gasteiger partial charge in [-0.25, -0.2) is 4.39 Å². The highest BCUT2D eigenvalue weighted by Gasteiger charge is 2.47. The van der Waals surface area contributed by atoms with E-state index in [2.05, 4.69) is 0 Å². The first-order chi connectivity index (χ1) is 16.0. The van der Waals surface area contributed by atoms with Crippen LogP contribution in [0.25, 0.3) is 5.76 Å². The number of aliphatic hydroxyl groups is 1. The van der Waals surface area contributed by atoms with E-state index in [1.165, 1.54) is 36.3 Å². The van der Waals surface area contributed by atoms with E-state index in [0.29, 0.717) is 22.9 Å². The number of nitrogens with zero attached hydrogens (tertiary/aromatic N) is 1. The van der Waals surface area contributed by atoms with E-state index >= 15 is 0 Å². The minimum Gasteiger partial charge on any atom is -0.507 e. The molecule has 0 bridgehead atoms. The van der Waals surface area contributed by atoms with E-state index in [1.807, 2.05) is 0 Å². The van der Waals surface area contributed by atoms with Crippen LogP contribution in [0.15, 0.2) is 72.3 Å². The fourth-order valence-electron chi connectivity index (χ4n) is 4.03. The van der Waals surface area contributed by atoms with Gasteiger partial charge in [0.1, 0.15) is 17.3 Å². The average molecular weight is 447 g/mol. The zero-order valence-corrected chi connectivity index (χ0v) is 17.4. The summed E-state index contributed by atoms with van der Waals surface area (Å²) in [6.07, 6.45) is 0. The first kappa shape index (κ1) is 20.6. The van der Waals surface area contributed by atoms with E-state index in [1.54, 1.807) is 42.5 Å². The van der Waals surface area contributed by atoms with Crippen molar-refractivity contribution < 1.29 is 33.3 Å². The monoisotopic (exact) mass is 447 g/mol. The number of rotatable bonds is 4. The molecule has 1 N–H and O–H groups in total.